The van der Waals surface area contributed by atoms with E-state index in [0.717, 1.165) is 12.1 Å². The monoisotopic (exact) mass is 249 g/mol. The summed E-state index contributed by atoms with van der Waals surface area (Å²) < 4.78 is 5.65. The number of ether oxygens (including phenoxy) is 1. The molecular weight excluding hydrogens is 226 g/mol. The Bertz CT molecular complexity index is 345. The van der Waals surface area contributed by atoms with Gasteiger partial charge in [-0.2, -0.15) is 0 Å². The molecule has 1 unspecified atom stereocenters. The number of hydrogen-bond acceptors (Lipinski definition) is 4. The molecule has 0 aliphatic carbocycles. The lowest BCUT2D eigenvalue weighted by Gasteiger charge is -2.26. The first-order chi connectivity index (χ1) is 8.75. The SMILES string of the molecule is CC(N)c1ccc(OCCN2CCCCC2)nc1. The van der Waals surface area contributed by atoms with Crippen LogP contribution in [0.4, 0.5) is 0 Å². The van der Waals surface area contributed by atoms with Crippen LogP contribution >= 0.6 is 0 Å². The van der Waals surface area contributed by atoms with Crippen LogP contribution in [0.3, 0.4) is 0 Å². The predicted octanol–water partition coefficient (Wildman–Crippen LogP) is 1.97. The van der Waals surface area contributed by atoms with E-state index >= 15 is 0 Å². The van der Waals surface area contributed by atoms with Crippen LogP contribution in [0.1, 0.15) is 37.8 Å². The minimum absolute atomic E-state index is 0.0277. The van der Waals surface area contributed by atoms with Crippen LogP contribution in [-0.2, 0) is 0 Å². The molecule has 4 nitrogen and oxygen atoms in total. The van der Waals surface area contributed by atoms with Crippen LogP contribution in [0.5, 0.6) is 5.88 Å². The summed E-state index contributed by atoms with van der Waals surface area (Å²) in [6.07, 6.45) is 5.81. The molecule has 0 radical (unpaired) electrons. The smallest absolute Gasteiger partial charge is 0.213 e. The zero-order valence-electron chi connectivity index (χ0n) is 11.1. The van der Waals surface area contributed by atoms with Crippen LogP contribution in [0, 0.1) is 0 Å². The highest BCUT2D eigenvalue weighted by atomic mass is 16.5. The van der Waals surface area contributed by atoms with E-state index in [1.165, 1.54) is 32.4 Å². The van der Waals surface area contributed by atoms with Gasteiger partial charge in [0.05, 0.1) is 0 Å². The third-order valence-corrected chi connectivity index (χ3v) is 3.39. The van der Waals surface area contributed by atoms with Gasteiger partial charge in [0.15, 0.2) is 0 Å². The third kappa shape index (κ3) is 3.96. The van der Waals surface area contributed by atoms with E-state index in [9.17, 15) is 0 Å². The van der Waals surface area contributed by atoms with Crippen molar-refractivity contribution >= 4 is 0 Å². The summed E-state index contributed by atoms with van der Waals surface area (Å²) in [5.74, 6) is 0.691. The van der Waals surface area contributed by atoms with Crippen LogP contribution in [0.2, 0.25) is 0 Å². The zero-order chi connectivity index (χ0) is 12.8. The third-order valence-electron chi connectivity index (χ3n) is 3.39. The normalized spacial score (nSPS) is 18.6. The molecule has 18 heavy (non-hydrogen) atoms. The molecule has 1 atom stereocenters. The highest BCUT2D eigenvalue weighted by Crippen LogP contribution is 2.13. The number of nitrogens with zero attached hydrogens (tertiary/aromatic N) is 2. The quantitative estimate of drug-likeness (QED) is 0.866. The molecule has 2 rings (SSSR count). The van der Waals surface area contributed by atoms with Gasteiger partial charge in [0.25, 0.3) is 0 Å². The standard InChI is InChI=1S/C14H23N3O/c1-12(15)13-5-6-14(16-11-13)18-10-9-17-7-3-2-4-8-17/h5-6,11-12H,2-4,7-10,15H2,1H3. The van der Waals surface area contributed by atoms with Crippen molar-refractivity contribution < 1.29 is 4.74 Å². The highest BCUT2D eigenvalue weighted by Gasteiger charge is 2.09. The van der Waals surface area contributed by atoms with Crippen molar-refractivity contribution in [3.63, 3.8) is 0 Å². The average Bonchev–Trinajstić information content (AvgIpc) is 2.40. The van der Waals surface area contributed by atoms with Crippen molar-refractivity contribution in [2.45, 2.75) is 32.2 Å². The molecule has 100 valence electrons. The maximum atomic E-state index is 5.77. The highest BCUT2D eigenvalue weighted by molar-refractivity contribution is 5.19. The van der Waals surface area contributed by atoms with Gasteiger partial charge in [0.2, 0.25) is 5.88 Å². The summed E-state index contributed by atoms with van der Waals surface area (Å²) in [5, 5.41) is 0. The molecule has 4 heteroatoms. The lowest BCUT2D eigenvalue weighted by Crippen LogP contribution is -2.33. The van der Waals surface area contributed by atoms with Gasteiger partial charge in [-0.1, -0.05) is 12.5 Å². The lowest BCUT2D eigenvalue weighted by atomic mass is 10.1. The number of rotatable bonds is 5. The Hall–Kier alpha value is -1.13. The van der Waals surface area contributed by atoms with Crippen molar-refractivity contribution in [1.82, 2.24) is 9.88 Å². The van der Waals surface area contributed by atoms with Crippen molar-refractivity contribution in [3.05, 3.63) is 23.9 Å². The van der Waals surface area contributed by atoms with Crippen molar-refractivity contribution in [2.24, 2.45) is 5.73 Å². The van der Waals surface area contributed by atoms with Crippen molar-refractivity contribution in [1.29, 1.82) is 0 Å². The summed E-state index contributed by atoms with van der Waals surface area (Å²) in [5.41, 5.74) is 6.81. The molecular formula is C14H23N3O. The molecule has 1 fully saturated rings. The van der Waals surface area contributed by atoms with Gasteiger partial charge in [-0.15, -0.1) is 0 Å². The lowest BCUT2D eigenvalue weighted by molar-refractivity contribution is 0.180. The van der Waals surface area contributed by atoms with E-state index < -0.39 is 0 Å². The Morgan fingerprint density at radius 3 is 2.72 bits per heavy atom. The van der Waals surface area contributed by atoms with Gasteiger partial charge in [-0.25, -0.2) is 4.98 Å². The zero-order valence-corrected chi connectivity index (χ0v) is 11.1. The second-order valence-corrected chi connectivity index (χ2v) is 4.97. The van der Waals surface area contributed by atoms with E-state index in [0.29, 0.717) is 12.5 Å². The predicted molar refractivity (Wildman–Crippen MR) is 72.6 cm³/mol. The molecule has 2 heterocycles. The van der Waals surface area contributed by atoms with E-state index in [2.05, 4.69) is 9.88 Å². The first-order valence-electron chi connectivity index (χ1n) is 6.82. The maximum Gasteiger partial charge on any atom is 0.213 e. The van der Waals surface area contributed by atoms with Gasteiger partial charge in [-0.05, 0) is 38.4 Å². The van der Waals surface area contributed by atoms with E-state index in [-0.39, 0.29) is 6.04 Å². The van der Waals surface area contributed by atoms with Crippen molar-refractivity contribution in [3.8, 4) is 5.88 Å². The van der Waals surface area contributed by atoms with E-state index in [1.54, 1.807) is 6.20 Å². The molecule has 1 saturated heterocycles. The van der Waals surface area contributed by atoms with Crippen LogP contribution in [-0.4, -0.2) is 36.1 Å². The van der Waals surface area contributed by atoms with Crippen LogP contribution in [0.25, 0.3) is 0 Å². The number of pyridine rings is 1. The average molecular weight is 249 g/mol. The number of nitrogens with two attached hydrogens (primary N) is 1. The fraction of sp³-hybridized carbons (Fsp3) is 0.643. The fourth-order valence-corrected chi connectivity index (χ4v) is 2.21. The Kier molecular flexibility index (Phi) is 4.96. The van der Waals surface area contributed by atoms with E-state index in [4.69, 9.17) is 10.5 Å². The number of piperidine rings is 1. The molecule has 2 N–H and O–H groups in total. The molecule has 0 aromatic carbocycles. The van der Waals surface area contributed by atoms with E-state index in [1.807, 2.05) is 19.1 Å². The Labute approximate surface area is 109 Å². The molecule has 0 amide bonds. The molecule has 1 aromatic heterocycles. The summed E-state index contributed by atoms with van der Waals surface area (Å²) in [4.78, 5) is 6.72. The topological polar surface area (TPSA) is 51.4 Å². The van der Waals surface area contributed by atoms with Crippen molar-refractivity contribution in [2.75, 3.05) is 26.2 Å². The van der Waals surface area contributed by atoms with Crippen LogP contribution < -0.4 is 10.5 Å². The second kappa shape index (κ2) is 6.71. The molecule has 1 aliphatic heterocycles. The summed E-state index contributed by atoms with van der Waals surface area (Å²) >= 11 is 0. The Morgan fingerprint density at radius 2 is 2.11 bits per heavy atom. The van der Waals surface area contributed by atoms with Crippen LogP contribution in [0.15, 0.2) is 18.3 Å². The first kappa shape index (κ1) is 13.3. The molecule has 1 aliphatic rings. The van der Waals surface area contributed by atoms with Gasteiger partial charge in [0, 0.05) is 24.8 Å². The Balaban J connectivity index is 1.72. The number of likely N-dealkylation sites (tertiary alicyclic amines) is 1. The molecule has 0 saturated carbocycles. The minimum atomic E-state index is 0.0277. The van der Waals surface area contributed by atoms with Gasteiger partial charge < -0.3 is 10.5 Å². The van der Waals surface area contributed by atoms with Gasteiger partial charge in [0.1, 0.15) is 6.61 Å². The largest absolute Gasteiger partial charge is 0.476 e. The summed E-state index contributed by atoms with van der Waals surface area (Å²) in [6.45, 7) is 6.08. The van der Waals surface area contributed by atoms with Gasteiger partial charge >= 0.3 is 0 Å². The minimum Gasteiger partial charge on any atom is -0.476 e. The first-order valence-corrected chi connectivity index (χ1v) is 6.82. The molecule has 1 aromatic rings. The fourth-order valence-electron chi connectivity index (χ4n) is 2.21. The summed E-state index contributed by atoms with van der Waals surface area (Å²) in [6, 6.07) is 3.91. The number of aromatic nitrogens is 1. The van der Waals surface area contributed by atoms with Gasteiger partial charge in [-0.3, -0.25) is 4.90 Å². The molecule has 0 spiro atoms. The Morgan fingerprint density at radius 1 is 1.33 bits per heavy atom. The molecule has 0 bridgehead atoms. The second-order valence-electron chi connectivity index (χ2n) is 4.97. The number of hydrogen-bond donors (Lipinski definition) is 1. The maximum absolute atomic E-state index is 5.77. The summed E-state index contributed by atoms with van der Waals surface area (Å²) in [7, 11) is 0.